The highest BCUT2D eigenvalue weighted by atomic mass is 19.1. The first-order valence-electron chi connectivity index (χ1n) is 5.91. The fraction of sp³-hybridized carbons (Fsp3) is 0.462. The highest BCUT2D eigenvalue weighted by Gasteiger charge is 2.23. The molecule has 1 unspecified atom stereocenters. The molecule has 1 saturated heterocycles. The van der Waals surface area contributed by atoms with Crippen LogP contribution in [0.3, 0.4) is 0 Å². The topological polar surface area (TPSA) is 32.3 Å². The molecular formula is C13H17FN2O. The van der Waals surface area contributed by atoms with Crippen molar-refractivity contribution in [2.45, 2.75) is 25.3 Å². The molecule has 1 amide bonds. The van der Waals surface area contributed by atoms with Crippen LogP contribution in [0.5, 0.6) is 0 Å². The molecule has 0 radical (unpaired) electrons. The number of nitrogens with one attached hydrogen (secondary N) is 1. The number of para-hydroxylation sites is 1. The fourth-order valence-corrected chi connectivity index (χ4v) is 2.21. The molecule has 1 aromatic rings. The summed E-state index contributed by atoms with van der Waals surface area (Å²) >= 11 is 0. The second kappa shape index (κ2) is 5.27. The van der Waals surface area contributed by atoms with Crippen molar-refractivity contribution in [2.24, 2.45) is 0 Å². The Morgan fingerprint density at radius 2 is 2.29 bits per heavy atom. The smallest absolute Gasteiger partial charge is 0.226 e. The Labute approximate surface area is 101 Å². The van der Waals surface area contributed by atoms with E-state index in [4.69, 9.17) is 0 Å². The summed E-state index contributed by atoms with van der Waals surface area (Å²) in [5.41, 5.74) is 0.262. The van der Waals surface area contributed by atoms with E-state index in [1.807, 2.05) is 7.05 Å². The molecule has 4 heteroatoms. The molecule has 17 heavy (non-hydrogen) atoms. The van der Waals surface area contributed by atoms with Gasteiger partial charge in [0, 0.05) is 12.5 Å². The second-order valence-corrected chi connectivity index (χ2v) is 4.51. The minimum absolute atomic E-state index is 0.117. The van der Waals surface area contributed by atoms with E-state index in [2.05, 4.69) is 10.2 Å². The number of hydrogen-bond donors (Lipinski definition) is 1. The number of anilines is 1. The summed E-state index contributed by atoms with van der Waals surface area (Å²) in [5, 5.41) is 2.62. The predicted molar refractivity (Wildman–Crippen MR) is 65.3 cm³/mol. The van der Waals surface area contributed by atoms with E-state index >= 15 is 0 Å². The monoisotopic (exact) mass is 236 g/mol. The molecule has 3 nitrogen and oxygen atoms in total. The Balaban J connectivity index is 1.91. The van der Waals surface area contributed by atoms with E-state index in [0.29, 0.717) is 12.5 Å². The molecule has 0 aromatic heterocycles. The van der Waals surface area contributed by atoms with Crippen LogP contribution in [0.2, 0.25) is 0 Å². The molecule has 0 bridgehead atoms. The third kappa shape index (κ3) is 3.03. The predicted octanol–water partition coefficient (Wildman–Crippen LogP) is 2.25. The largest absolute Gasteiger partial charge is 0.324 e. The van der Waals surface area contributed by atoms with Gasteiger partial charge in [-0.3, -0.25) is 4.79 Å². The first-order chi connectivity index (χ1) is 8.16. The Bertz CT molecular complexity index is 408. The molecule has 1 aliphatic rings. The van der Waals surface area contributed by atoms with Crippen molar-refractivity contribution in [1.29, 1.82) is 0 Å². The zero-order valence-corrected chi connectivity index (χ0v) is 9.95. The number of rotatable bonds is 3. The summed E-state index contributed by atoms with van der Waals surface area (Å²) in [6.07, 6.45) is 2.61. The molecule has 1 aliphatic heterocycles. The lowest BCUT2D eigenvalue weighted by Crippen LogP contribution is -2.29. The third-order valence-corrected chi connectivity index (χ3v) is 3.24. The van der Waals surface area contributed by atoms with Gasteiger partial charge in [0.05, 0.1) is 5.69 Å². The van der Waals surface area contributed by atoms with Gasteiger partial charge in [-0.1, -0.05) is 12.1 Å². The Morgan fingerprint density at radius 1 is 1.53 bits per heavy atom. The van der Waals surface area contributed by atoms with Gasteiger partial charge < -0.3 is 10.2 Å². The zero-order valence-electron chi connectivity index (χ0n) is 9.95. The first-order valence-corrected chi connectivity index (χ1v) is 5.91. The molecule has 0 aliphatic carbocycles. The van der Waals surface area contributed by atoms with Crippen LogP contribution in [-0.2, 0) is 4.79 Å². The fourth-order valence-electron chi connectivity index (χ4n) is 2.21. The maximum atomic E-state index is 13.3. The van der Waals surface area contributed by atoms with Crippen molar-refractivity contribution in [1.82, 2.24) is 4.90 Å². The minimum atomic E-state index is -0.388. The van der Waals surface area contributed by atoms with Gasteiger partial charge in [0.15, 0.2) is 0 Å². The number of benzene rings is 1. The third-order valence-electron chi connectivity index (χ3n) is 3.24. The zero-order chi connectivity index (χ0) is 12.3. The van der Waals surface area contributed by atoms with Gasteiger partial charge in [0.1, 0.15) is 5.82 Å². The number of hydrogen-bond acceptors (Lipinski definition) is 2. The van der Waals surface area contributed by atoms with Crippen molar-refractivity contribution < 1.29 is 9.18 Å². The number of carbonyl (C=O) groups is 1. The van der Waals surface area contributed by atoms with E-state index < -0.39 is 0 Å². The number of amides is 1. The van der Waals surface area contributed by atoms with Crippen LogP contribution in [0.15, 0.2) is 24.3 Å². The van der Waals surface area contributed by atoms with Crippen molar-refractivity contribution in [3.8, 4) is 0 Å². The average molecular weight is 236 g/mol. The van der Waals surface area contributed by atoms with Crippen LogP contribution >= 0.6 is 0 Å². The van der Waals surface area contributed by atoms with Crippen LogP contribution in [0.4, 0.5) is 10.1 Å². The first kappa shape index (κ1) is 12.0. The van der Waals surface area contributed by atoms with Gasteiger partial charge in [0.25, 0.3) is 0 Å². The van der Waals surface area contributed by atoms with Crippen LogP contribution in [0, 0.1) is 5.82 Å². The van der Waals surface area contributed by atoms with Gasteiger partial charge >= 0.3 is 0 Å². The van der Waals surface area contributed by atoms with Gasteiger partial charge in [-0.05, 0) is 38.6 Å². The quantitative estimate of drug-likeness (QED) is 0.873. The summed E-state index contributed by atoms with van der Waals surface area (Å²) in [6, 6.07) is 6.53. The van der Waals surface area contributed by atoms with E-state index in [1.54, 1.807) is 18.2 Å². The maximum Gasteiger partial charge on any atom is 0.226 e. The van der Waals surface area contributed by atoms with Gasteiger partial charge in [0.2, 0.25) is 5.91 Å². The number of halogens is 1. The van der Waals surface area contributed by atoms with Crippen molar-refractivity contribution in [3.05, 3.63) is 30.1 Å². The van der Waals surface area contributed by atoms with E-state index in [-0.39, 0.29) is 17.4 Å². The van der Waals surface area contributed by atoms with Crippen LogP contribution in [-0.4, -0.2) is 30.4 Å². The van der Waals surface area contributed by atoms with E-state index in [1.165, 1.54) is 6.07 Å². The molecule has 1 fully saturated rings. The molecule has 2 rings (SSSR count). The molecular weight excluding hydrogens is 219 g/mol. The van der Waals surface area contributed by atoms with Gasteiger partial charge in [-0.2, -0.15) is 0 Å². The molecule has 1 N–H and O–H groups in total. The van der Waals surface area contributed by atoms with Crippen LogP contribution in [0.1, 0.15) is 19.3 Å². The van der Waals surface area contributed by atoms with Crippen molar-refractivity contribution >= 4 is 11.6 Å². The van der Waals surface area contributed by atoms with Crippen molar-refractivity contribution in [2.75, 3.05) is 18.9 Å². The summed E-state index contributed by atoms with van der Waals surface area (Å²) in [6.45, 7) is 1.04. The molecule has 1 aromatic carbocycles. The lowest BCUT2D eigenvalue weighted by atomic mass is 10.1. The maximum absolute atomic E-state index is 13.3. The molecule has 1 heterocycles. The Hall–Kier alpha value is -1.42. The number of nitrogens with zero attached hydrogens (tertiary/aromatic N) is 1. The molecule has 0 saturated carbocycles. The van der Waals surface area contributed by atoms with Crippen LogP contribution < -0.4 is 5.32 Å². The highest BCUT2D eigenvalue weighted by molar-refractivity contribution is 5.91. The van der Waals surface area contributed by atoms with E-state index in [9.17, 15) is 9.18 Å². The Morgan fingerprint density at radius 3 is 2.94 bits per heavy atom. The van der Waals surface area contributed by atoms with Gasteiger partial charge in [-0.25, -0.2) is 4.39 Å². The Kier molecular flexibility index (Phi) is 3.74. The van der Waals surface area contributed by atoms with Crippen molar-refractivity contribution in [3.63, 3.8) is 0 Å². The molecule has 1 atom stereocenters. The SMILES string of the molecule is CN1CCCC1CC(=O)Nc1ccccc1F. The highest BCUT2D eigenvalue weighted by Crippen LogP contribution is 2.19. The molecule has 92 valence electrons. The average Bonchev–Trinajstić information content (AvgIpc) is 2.68. The second-order valence-electron chi connectivity index (χ2n) is 4.51. The number of carbonyl (C=O) groups excluding carboxylic acids is 1. The summed E-state index contributed by atoms with van der Waals surface area (Å²) in [7, 11) is 2.02. The van der Waals surface area contributed by atoms with Gasteiger partial charge in [-0.15, -0.1) is 0 Å². The summed E-state index contributed by atoms with van der Waals surface area (Å²) in [4.78, 5) is 13.9. The van der Waals surface area contributed by atoms with E-state index in [0.717, 1.165) is 19.4 Å². The lowest BCUT2D eigenvalue weighted by Gasteiger charge is -2.18. The molecule has 0 spiro atoms. The minimum Gasteiger partial charge on any atom is -0.324 e. The summed E-state index contributed by atoms with van der Waals surface area (Å²) in [5.74, 6) is -0.505. The normalized spacial score (nSPS) is 20.5. The number of likely N-dealkylation sites (tertiary alicyclic amines) is 1. The standard InChI is InChI=1S/C13H17FN2O/c1-16-8-4-5-10(16)9-13(17)15-12-7-3-2-6-11(12)14/h2-3,6-7,10H,4-5,8-9H2,1H3,(H,15,17). The summed E-state index contributed by atoms with van der Waals surface area (Å²) < 4.78 is 13.3. The van der Waals surface area contributed by atoms with Crippen LogP contribution in [0.25, 0.3) is 0 Å². The lowest BCUT2D eigenvalue weighted by molar-refractivity contribution is -0.117.